The molecule has 3 aromatic rings. The van der Waals surface area contributed by atoms with Crippen LogP contribution >= 0.6 is 0 Å². The van der Waals surface area contributed by atoms with Crippen LogP contribution < -0.4 is 11.3 Å². The molecule has 2 heterocycles. The molecule has 4 N–H and O–H groups in total. The van der Waals surface area contributed by atoms with Crippen molar-refractivity contribution in [2.75, 3.05) is 6.54 Å². The van der Waals surface area contributed by atoms with Crippen molar-refractivity contribution in [1.29, 1.82) is 5.41 Å². The maximum atomic E-state index is 13.1. The summed E-state index contributed by atoms with van der Waals surface area (Å²) in [5, 5.41) is 7.60. The third-order valence-electron chi connectivity index (χ3n) is 5.89. The minimum Gasteiger partial charge on any atom is -0.384 e. The summed E-state index contributed by atoms with van der Waals surface area (Å²) in [6.07, 6.45) is 5.44. The third-order valence-corrected chi connectivity index (χ3v) is 5.89. The highest BCUT2D eigenvalue weighted by atomic mass is 16.2. The van der Waals surface area contributed by atoms with Gasteiger partial charge in [0.1, 0.15) is 5.84 Å². The predicted octanol–water partition coefficient (Wildman–Crippen LogP) is 3.56. The number of hydrogen-bond donors (Lipinski definition) is 3. The maximum Gasteiger partial charge on any atom is 0.254 e. The molecule has 0 radical (unpaired) electrons. The van der Waals surface area contributed by atoms with E-state index in [1.807, 2.05) is 53.4 Å². The van der Waals surface area contributed by atoms with E-state index in [0.29, 0.717) is 5.56 Å². The Bertz CT molecular complexity index is 1130. The van der Waals surface area contributed by atoms with Crippen molar-refractivity contribution in [3.05, 3.63) is 93.9 Å². The van der Waals surface area contributed by atoms with Gasteiger partial charge in [-0.15, -0.1) is 0 Å². The minimum absolute atomic E-state index is 0.0630. The van der Waals surface area contributed by atoms with Gasteiger partial charge in [-0.3, -0.25) is 15.0 Å². The molecule has 2 aromatic carbocycles. The molecule has 4 rings (SSSR count). The molecule has 1 aliphatic heterocycles. The molecule has 0 saturated carbocycles. The predicted molar refractivity (Wildman–Crippen MR) is 122 cm³/mol. The molecule has 1 aliphatic rings. The molecule has 0 bridgehead atoms. The zero-order valence-corrected chi connectivity index (χ0v) is 17.3. The molecule has 0 aliphatic carbocycles. The molecule has 31 heavy (non-hydrogen) atoms. The lowest BCUT2D eigenvalue weighted by atomic mass is 10.0. The van der Waals surface area contributed by atoms with E-state index >= 15 is 0 Å². The monoisotopic (exact) mass is 414 g/mol. The van der Waals surface area contributed by atoms with Crippen molar-refractivity contribution in [2.45, 2.75) is 31.7 Å². The molecule has 6 nitrogen and oxygen atoms in total. The highest BCUT2D eigenvalue weighted by Crippen LogP contribution is 2.25. The number of pyridine rings is 1. The molecule has 158 valence electrons. The van der Waals surface area contributed by atoms with Gasteiger partial charge in [0.2, 0.25) is 5.56 Å². The van der Waals surface area contributed by atoms with E-state index in [-0.39, 0.29) is 23.3 Å². The van der Waals surface area contributed by atoms with Crippen LogP contribution in [0.3, 0.4) is 0 Å². The fourth-order valence-electron chi connectivity index (χ4n) is 4.19. The number of nitrogens with one attached hydrogen (secondary N) is 2. The van der Waals surface area contributed by atoms with E-state index in [1.54, 1.807) is 12.3 Å². The number of nitrogens with two attached hydrogens (primary N) is 1. The average molecular weight is 415 g/mol. The van der Waals surface area contributed by atoms with Gasteiger partial charge in [0, 0.05) is 36.0 Å². The standard InChI is InChI=1S/C25H26N4O2/c26-24(27)20-4-1-3-17(15-20)6-12-22-5-2-14-29(22)25(31)19-9-7-18(8-10-19)21-11-13-23(30)28-16-21/h1,3-4,7-11,13,15-16,22H,2,5-6,12,14H2,(H3,26,27)(H,28,30)/t22-/m0/s1. The zero-order valence-electron chi connectivity index (χ0n) is 17.3. The molecule has 1 atom stereocenters. The first-order valence-electron chi connectivity index (χ1n) is 10.5. The maximum absolute atomic E-state index is 13.1. The Kier molecular flexibility index (Phi) is 5.98. The first-order chi connectivity index (χ1) is 15.0. The Morgan fingerprint density at radius 2 is 1.84 bits per heavy atom. The molecule has 1 amide bonds. The molecule has 1 saturated heterocycles. The molecule has 6 heteroatoms. The van der Waals surface area contributed by atoms with Gasteiger partial charge in [-0.25, -0.2) is 0 Å². The molecule has 1 fully saturated rings. The summed E-state index contributed by atoms with van der Waals surface area (Å²) in [4.78, 5) is 29.0. The lowest BCUT2D eigenvalue weighted by Crippen LogP contribution is -2.35. The number of nitrogen functional groups attached to an aromatic ring is 1. The van der Waals surface area contributed by atoms with Gasteiger partial charge in [0.15, 0.2) is 0 Å². The molecule has 0 spiro atoms. The second-order valence-corrected chi connectivity index (χ2v) is 7.97. The van der Waals surface area contributed by atoms with Gasteiger partial charge in [-0.05, 0) is 66.6 Å². The van der Waals surface area contributed by atoms with Gasteiger partial charge in [0.25, 0.3) is 5.91 Å². The first kappa shape index (κ1) is 20.6. The highest BCUT2D eigenvalue weighted by Gasteiger charge is 2.29. The van der Waals surface area contributed by atoms with Crippen LogP contribution in [0.15, 0.2) is 71.7 Å². The van der Waals surface area contributed by atoms with Crippen molar-refractivity contribution >= 4 is 11.7 Å². The number of hydrogen-bond acceptors (Lipinski definition) is 3. The van der Waals surface area contributed by atoms with Crippen LogP contribution in [-0.2, 0) is 6.42 Å². The number of carbonyl (C=O) groups is 1. The second-order valence-electron chi connectivity index (χ2n) is 7.97. The van der Waals surface area contributed by atoms with Crippen molar-refractivity contribution < 1.29 is 4.79 Å². The number of benzene rings is 2. The van der Waals surface area contributed by atoms with Crippen LogP contribution in [0.25, 0.3) is 11.1 Å². The number of nitrogens with zero attached hydrogens (tertiary/aromatic N) is 1. The third kappa shape index (κ3) is 4.74. The van der Waals surface area contributed by atoms with Gasteiger partial charge < -0.3 is 15.6 Å². The summed E-state index contributed by atoms with van der Waals surface area (Å²) in [7, 11) is 0. The smallest absolute Gasteiger partial charge is 0.254 e. The summed E-state index contributed by atoms with van der Waals surface area (Å²) in [5.74, 6) is 0.137. The van der Waals surface area contributed by atoms with Crippen molar-refractivity contribution in [2.24, 2.45) is 5.73 Å². The largest absolute Gasteiger partial charge is 0.384 e. The zero-order chi connectivity index (χ0) is 21.8. The van der Waals surface area contributed by atoms with Crippen molar-refractivity contribution in [3.8, 4) is 11.1 Å². The summed E-state index contributed by atoms with van der Waals surface area (Å²) in [6, 6.07) is 18.8. The number of aryl methyl sites for hydroxylation is 1. The summed E-state index contributed by atoms with van der Waals surface area (Å²) in [6.45, 7) is 0.776. The number of rotatable bonds is 6. The molecule has 0 unspecified atom stereocenters. The van der Waals surface area contributed by atoms with E-state index in [1.165, 1.54) is 6.07 Å². The lowest BCUT2D eigenvalue weighted by molar-refractivity contribution is 0.0730. The van der Waals surface area contributed by atoms with Crippen molar-refractivity contribution in [1.82, 2.24) is 9.88 Å². The van der Waals surface area contributed by atoms with Crippen molar-refractivity contribution in [3.63, 3.8) is 0 Å². The second kappa shape index (κ2) is 9.00. The number of amidine groups is 1. The average Bonchev–Trinajstić information content (AvgIpc) is 3.27. The first-order valence-corrected chi connectivity index (χ1v) is 10.5. The number of amides is 1. The van der Waals surface area contributed by atoms with Crippen LogP contribution in [0.5, 0.6) is 0 Å². The number of carbonyl (C=O) groups excluding carboxylic acids is 1. The number of H-pyrrole nitrogens is 1. The number of aromatic amines is 1. The summed E-state index contributed by atoms with van der Waals surface area (Å²) in [5.41, 5.74) is 9.87. The SMILES string of the molecule is N=C(N)c1cccc(CC[C@@H]2CCCN2C(=O)c2ccc(-c3ccc(=O)[nH]c3)cc2)c1. The molecular formula is C25H26N4O2. The van der Waals surface area contributed by atoms with Crippen LogP contribution in [0.4, 0.5) is 0 Å². The number of likely N-dealkylation sites (tertiary alicyclic amines) is 1. The Labute approximate surface area is 181 Å². The number of aromatic nitrogens is 1. The van der Waals surface area contributed by atoms with Gasteiger partial charge in [-0.2, -0.15) is 0 Å². The fourth-order valence-corrected chi connectivity index (χ4v) is 4.19. The van der Waals surface area contributed by atoms with E-state index in [2.05, 4.69) is 4.98 Å². The molecule has 1 aromatic heterocycles. The van der Waals surface area contributed by atoms with Crippen LogP contribution in [0.2, 0.25) is 0 Å². The Morgan fingerprint density at radius 3 is 2.55 bits per heavy atom. The summed E-state index contributed by atoms with van der Waals surface area (Å²) >= 11 is 0. The van der Waals surface area contributed by atoms with Crippen LogP contribution in [0, 0.1) is 5.41 Å². The Morgan fingerprint density at radius 1 is 1.06 bits per heavy atom. The quantitative estimate of drug-likeness (QED) is 0.424. The van der Waals surface area contributed by atoms with Gasteiger partial charge >= 0.3 is 0 Å². The Hall–Kier alpha value is -3.67. The van der Waals surface area contributed by atoms with Gasteiger partial charge in [-0.1, -0.05) is 30.3 Å². The fraction of sp³-hybridized carbons (Fsp3) is 0.240. The summed E-state index contributed by atoms with van der Waals surface area (Å²) < 4.78 is 0. The molecular weight excluding hydrogens is 388 g/mol. The van der Waals surface area contributed by atoms with Gasteiger partial charge in [0.05, 0.1) is 0 Å². The highest BCUT2D eigenvalue weighted by molar-refractivity contribution is 5.95. The van der Waals surface area contributed by atoms with E-state index < -0.39 is 0 Å². The minimum atomic E-state index is -0.136. The Balaban J connectivity index is 1.42. The normalized spacial score (nSPS) is 15.7. The van der Waals surface area contributed by atoms with E-state index in [0.717, 1.165) is 54.5 Å². The lowest BCUT2D eigenvalue weighted by Gasteiger charge is -2.25. The van der Waals surface area contributed by atoms with E-state index in [4.69, 9.17) is 11.1 Å². The van der Waals surface area contributed by atoms with Crippen LogP contribution in [-0.4, -0.2) is 34.2 Å². The van der Waals surface area contributed by atoms with Crippen LogP contribution in [0.1, 0.15) is 40.7 Å². The topological polar surface area (TPSA) is 103 Å². The van der Waals surface area contributed by atoms with E-state index in [9.17, 15) is 9.59 Å².